The van der Waals surface area contributed by atoms with E-state index in [-0.39, 0.29) is 5.56 Å². The van der Waals surface area contributed by atoms with E-state index < -0.39 is 28.1 Å². The van der Waals surface area contributed by atoms with Crippen LogP contribution in [0.15, 0.2) is 18.2 Å². The second-order valence-corrected chi connectivity index (χ2v) is 6.82. The first-order chi connectivity index (χ1) is 8.25. The minimum Gasteiger partial charge on any atom is -0.598 e. The number of nitrogens with zero attached hydrogens (tertiary/aromatic N) is 1. The Balaban J connectivity index is 2.91. The van der Waals surface area contributed by atoms with Gasteiger partial charge in [0.25, 0.3) is 0 Å². The summed E-state index contributed by atoms with van der Waals surface area (Å²) in [5, 5.41) is 8.75. The molecule has 4 nitrogen and oxygen atoms in total. The molecule has 3 N–H and O–H groups in total. The van der Waals surface area contributed by atoms with Gasteiger partial charge in [-0.15, -0.1) is 4.72 Å². The summed E-state index contributed by atoms with van der Waals surface area (Å²) in [6, 6.07) is 5.80. The van der Waals surface area contributed by atoms with Gasteiger partial charge in [0, 0.05) is 16.9 Å². The fraction of sp³-hybridized carbons (Fsp3) is 0.417. The summed E-state index contributed by atoms with van der Waals surface area (Å²) in [6.07, 6.45) is -0.918. The highest BCUT2D eigenvalue weighted by molar-refractivity contribution is 7.90. The standard InChI is InChI=1S/C12H16FN3OS/c1-12(2,3)18(17)16-11(15)9-6-8(7-14)4-5-10(9)13/h4-6,11,16H,15H2,1-3H3/t11-,18?/m1/s1. The minimum absolute atomic E-state index is 0.131. The number of nitrogens with one attached hydrogen (secondary N) is 1. The smallest absolute Gasteiger partial charge is 0.137 e. The van der Waals surface area contributed by atoms with Crippen LogP contribution in [0.5, 0.6) is 0 Å². The molecular formula is C12H16FN3OS. The molecule has 0 spiro atoms. The van der Waals surface area contributed by atoms with Crippen molar-refractivity contribution >= 4 is 11.4 Å². The van der Waals surface area contributed by atoms with Gasteiger partial charge in [-0.25, -0.2) is 4.39 Å². The van der Waals surface area contributed by atoms with Gasteiger partial charge in [0.2, 0.25) is 0 Å². The van der Waals surface area contributed by atoms with Gasteiger partial charge >= 0.3 is 0 Å². The van der Waals surface area contributed by atoms with Crippen LogP contribution in [0.3, 0.4) is 0 Å². The molecule has 1 aromatic rings. The molecule has 1 rings (SSSR count). The molecule has 6 heteroatoms. The molecule has 0 aromatic heterocycles. The molecule has 0 aliphatic rings. The topological polar surface area (TPSA) is 84.9 Å². The fourth-order valence-corrected chi connectivity index (χ4v) is 1.92. The Labute approximate surface area is 109 Å². The zero-order chi connectivity index (χ0) is 13.9. The summed E-state index contributed by atoms with van der Waals surface area (Å²) < 4.78 is 27.6. The Morgan fingerprint density at radius 1 is 1.50 bits per heavy atom. The van der Waals surface area contributed by atoms with E-state index in [1.54, 1.807) is 20.8 Å². The van der Waals surface area contributed by atoms with E-state index >= 15 is 0 Å². The van der Waals surface area contributed by atoms with E-state index in [1.807, 2.05) is 6.07 Å². The maximum Gasteiger partial charge on any atom is 0.137 e. The maximum atomic E-state index is 13.6. The SMILES string of the molecule is CC(C)(C)[S+]([O-])N[C@@H](N)c1cc(C#N)ccc1F. The summed E-state index contributed by atoms with van der Waals surface area (Å²) in [4.78, 5) is 0. The van der Waals surface area contributed by atoms with Crippen LogP contribution in [0.2, 0.25) is 0 Å². The third-order valence-corrected chi connectivity index (χ3v) is 3.83. The average molecular weight is 269 g/mol. The highest BCUT2D eigenvalue weighted by Gasteiger charge is 2.29. The van der Waals surface area contributed by atoms with Crippen molar-refractivity contribution in [2.75, 3.05) is 0 Å². The predicted molar refractivity (Wildman–Crippen MR) is 69.1 cm³/mol. The number of benzene rings is 1. The first-order valence-electron chi connectivity index (χ1n) is 5.39. The number of nitrogens with two attached hydrogens (primary N) is 1. The van der Waals surface area contributed by atoms with E-state index in [9.17, 15) is 8.94 Å². The van der Waals surface area contributed by atoms with Gasteiger partial charge in [-0.3, -0.25) is 0 Å². The molecular weight excluding hydrogens is 253 g/mol. The third-order valence-electron chi connectivity index (χ3n) is 2.25. The molecule has 2 atom stereocenters. The largest absolute Gasteiger partial charge is 0.598 e. The van der Waals surface area contributed by atoms with Crippen LogP contribution < -0.4 is 10.5 Å². The van der Waals surface area contributed by atoms with Crippen LogP contribution in [0.4, 0.5) is 4.39 Å². The molecule has 0 heterocycles. The summed E-state index contributed by atoms with van der Waals surface area (Å²) in [6.45, 7) is 5.35. The molecule has 1 aromatic carbocycles. The molecule has 1 unspecified atom stereocenters. The van der Waals surface area contributed by atoms with E-state index in [0.29, 0.717) is 5.56 Å². The number of rotatable bonds is 3. The zero-order valence-corrected chi connectivity index (χ0v) is 11.3. The molecule has 0 bridgehead atoms. The Hall–Kier alpha value is -1.13. The van der Waals surface area contributed by atoms with Crippen molar-refractivity contribution in [2.45, 2.75) is 31.7 Å². The minimum atomic E-state index is -1.41. The number of hydrogen-bond donors (Lipinski definition) is 2. The van der Waals surface area contributed by atoms with Gasteiger partial charge in [0.15, 0.2) is 0 Å². The molecule has 98 valence electrons. The van der Waals surface area contributed by atoms with Crippen molar-refractivity contribution in [3.63, 3.8) is 0 Å². The molecule has 0 radical (unpaired) electrons. The van der Waals surface area contributed by atoms with Crippen molar-refractivity contribution in [3.05, 3.63) is 35.1 Å². The zero-order valence-electron chi connectivity index (χ0n) is 10.5. The highest BCUT2D eigenvalue weighted by atomic mass is 32.2. The van der Waals surface area contributed by atoms with Crippen LogP contribution in [0, 0.1) is 17.1 Å². The van der Waals surface area contributed by atoms with E-state index in [1.165, 1.54) is 18.2 Å². The normalized spacial score (nSPS) is 14.9. The van der Waals surface area contributed by atoms with Gasteiger partial charge in [0.1, 0.15) is 16.7 Å². The molecule has 0 amide bonds. The van der Waals surface area contributed by atoms with Crippen LogP contribution in [-0.4, -0.2) is 9.30 Å². The lowest BCUT2D eigenvalue weighted by Gasteiger charge is -2.26. The quantitative estimate of drug-likeness (QED) is 0.646. The summed E-state index contributed by atoms with van der Waals surface area (Å²) in [7, 11) is 0. The first kappa shape index (κ1) is 14.9. The summed E-state index contributed by atoms with van der Waals surface area (Å²) >= 11 is -1.41. The Kier molecular flexibility index (Phi) is 4.71. The number of halogens is 1. The van der Waals surface area contributed by atoms with Crippen molar-refractivity contribution in [1.82, 2.24) is 4.72 Å². The van der Waals surface area contributed by atoms with E-state index in [4.69, 9.17) is 11.0 Å². The molecule has 0 fully saturated rings. The number of hydrogen-bond acceptors (Lipinski definition) is 4. The van der Waals surface area contributed by atoms with Crippen molar-refractivity contribution in [3.8, 4) is 6.07 Å². The molecule has 18 heavy (non-hydrogen) atoms. The Morgan fingerprint density at radius 2 is 2.11 bits per heavy atom. The first-order valence-corrected chi connectivity index (χ1v) is 6.54. The maximum absolute atomic E-state index is 13.6. The summed E-state index contributed by atoms with van der Waals surface area (Å²) in [5.41, 5.74) is 6.20. The predicted octanol–water partition coefficient (Wildman–Crippen LogP) is 1.71. The second kappa shape index (κ2) is 5.67. The van der Waals surface area contributed by atoms with Gasteiger partial charge in [0.05, 0.1) is 11.6 Å². The molecule has 0 aliphatic carbocycles. The lowest BCUT2D eigenvalue weighted by atomic mass is 10.1. The van der Waals surface area contributed by atoms with Gasteiger partial charge < -0.3 is 10.3 Å². The van der Waals surface area contributed by atoms with Crippen LogP contribution in [-0.2, 0) is 11.4 Å². The highest BCUT2D eigenvalue weighted by Crippen LogP contribution is 2.19. The van der Waals surface area contributed by atoms with E-state index in [2.05, 4.69) is 4.72 Å². The van der Waals surface area contributed by atoms with Gasteiger partial charge in [-0.2, -0.15) is 5.26 Å². The molecule has 0 saturated carbocycles. The Morgan fingerprint density at radius 3 is 2.61 bits per heavy atom. The molecule has 0 saturated heterocycles. The average Bonchev–Trinajstić information content (AvgIpc) is 2.28. The van der Waals surface area contributed by atoms with Crippen molar-refractivity contribution < 1.29 is 8.94 Å². The Bertz CT molecular complexity index is 467. The fourth-order valence-electron chi connectivity index (χ4n) is 1.21. The van der Waals surface area contributed by atoms with Crippen LogP contribution in [0.25, 0.3) is 0 Å². The number of nitriles is 1. The summed E-state index contributed by atoms with van der Waals surface area (Å²) in [5.74, 6) is -0.528. The van der Waals surface area contributed by atoms with Crippen LogP contribution >= 0.6 is 0 Å². The lowest BCUT2D eigenvalue weighted by molar-refractivity contribution is 0.516. The van der Waals surface area contributed by atoms with E-state index in [0.717, 1.165) is 0 Å². The lowest BCUT2D eigenvalue weighted by Crippen LogP contribution is -2.44. The van der Waals surface area contributed by atoms with Gasteiger partial charge in [-0.05, 0) is 39.0 Å². The van der Waals surface area contributed by atoms with Crippen molar-refractivity contribution in [2.24, 2.45) is 5.73 Å². The van der Waals surface area contributed by atoms with Crippen LogP contribution in [0.1, 0.15) is 38.1 Å². The molecule has 0 aliphatic heterocycles. The third kappa shape index (κ3) is 3.68. The second-order valence-electron chi connectivity index (χ2n) is 4.82. The van der Waals surface area contributed by atoms with Crippen molar-refractivity contribution in [1.29, 1.82) is 5.26 Å². The van der Waals surface area contributed by atoms with Gasteiger partial charge in [-0.1, -0.05) is 0 Å². The monoisotopic (exact) mass is 269 g/mol.